The second-order valence-corrected chi connectivity index (χ2v) is 7.15. The van der Waals surface area contributed by atoms with Gasteiger partial charge in [-0.2, -0.15) is 0 Å². The smallest absolute Gasteiger partial charge is 0.336 e. The lowest BCUT2D eigenvalue weighted by molar-refractivity contribution is -0.144. The van der Waals surface area contributed by atoms with E-state index in [1.165, 1.54) is 0 Å². The van der Waals surface area contributed by atoms with Crippen LogP contribution in [0.15, 0.2) is 65.7 Å². The highest BCUT2D eigenvalue weighted by molar-refractivity contribution is 5.87. The molecule has 4 heteroatoms. The first kappa shape index (κ1) is 18.3. The van der Waals surface area contributed by atoms with Crippen molar-refractivity contribution >= 4 is 12.2 Å². The van der Waals surface area contributed by atoms with Crippen LogP contribution in [0.1, 0.15) is 30.4 Å². The van der Waals surface area contributed by atoms with E-state index in [0.29, 0.717) is 12.3 Å². The summed E-state index contributed by atoms with van der Waals surface area (Å²) in [6.07, 6.45) is 4.26. The van der Waals surface area contributed by atoms with E-state index in [4.69, 9.17) is 0 Å². The zero-order valence-corrected chi connectivity index (χ0v) is 15.2. The van der Waals surface area contributed by atoms with Crippen molar-refractivity contribution in [1.29, 1.82) is 0 Å². The van der Waals surface area contributed by atoms with E-state index in [0.717, 1.165) is 37.1 Å². The van der Waals surface area contributed by atoms with Gasteiger partial charge in [-0.3, -0.25) is 4.99 Å². The molecule has 26 heavy (non-hydrogen) atoms. The number of rotatable bonds is 6. The first-order valence-electron chi connectivity index (χ1n) is 9.18. The summed E-state index contributed by atoms with van der Waals surface area (Å²) in [6.45, 7) is 2.02. The minimum Gasteiger partial charge on any atom is -0.479 e. The molecule has 1 saturated heterocycles. The lowest BCUT2D eigenvalue weighted by Crippen LogP contribution is -2.39. The van der Waals surface area contributed by atoms with Crippen LogP contribution in [-0.2, 0) is 10.3 Å². The van der Waals surface area contributed by atoms with Gasteiger partial charge in [-0.25, -0.2) is 4.79 Å². The molecule has 4 nitrogen and oxygen atoms in total. The summed E-state index contributed by atoms with van der Waals surface area (Å²) in [5.74, 6) is -0.523. The number of aliphatic carboxylic acids is 1. The molecule has 2 aromatic carbocycles. The molecule has 2 aromatic rings. The Balaban J connectivity index is 1.96. The molecule has 3 rings (SSSR count). The third-order valence-electron chi connectivity index (χ3n) is 5.26. The molecule has 0 spiro atoms. The Morgan fingerprint density at radius 3 is 2.27 bits per heavy atom. The molecule has 1 N–H and O–H groups in total. The van der Waals surface area contributed by atoms with Crippen LogP contribution >= 0.6 is 0 Å². The predicted octanol–water partition coefficient (Wildman–Crippen LogP) is 3.82. The molecule has 0 bridgehead atoms. The number of hydrogen-bond donors (Lipinski definition) is 1. The molecule has 1 aliphatic rings. The second-order valence-electron chi connectivity index (χ2n) is 7.15. The fourth-order valence-corrected chi connectivity index (χ4v) is 3.63. The number of carboxylic acid groups (broad SMARTS) is 1. The Kier molecular flexibility index (Phi) is 5.84. The highest BCUT2D eigenvalue weighted by Gasteiger charge is 2.42. The summed E-state index contributed by atoms with van der Waals surface area (Å²) in [4.78, 5) is 19.4. The number of nitrogens with zero attached hydrogens (tertiary/aromatic N) is 2. The van der Waals surface area contributed by atoms with E-state index in [-0.39, 0.29) is 0 Å². The molecule has 1 unspecified atom stereocenters. The normalized spacial score (nSPS) is 18.7. The van der Waals surface area contributed by atoms with Crippen LogP contribution in [0.3, 0.4) is 0 Å². The molecule has 1 atom stereocenters. The van der Waals surface area contributed by atoms with Gasteiger partial charge >= 0.3 is 5.97 Å². The Bertz CT molecular complexity index is 737. The highest BCUT2D eigenvalue weighted by atomic mass is 16.4. The zero-order chi connectivity index (χ0) is 18.4. The minimum atomic E-state index is -1.24. The van der Waals surface area contributed by atoms with E-state index in [1.54, 1.807) is 6.21 Å². The molecule has 0 amide bonds. The Hall–Kier alpha value is -2.46. The van der Waals surface area contributed by atoms with Crippen LogP contribution in [0, 0.1) is 5.92 Å². The average Bonchev–Trinajstić information content (AvgIpc) is 2.68. The Morgan fingerprint density at radius 2 is 1.69 bits per heavy atom. The molecule has 0 aliphatic carbocycles. The molecule has 0 saturated carbocycles. The van der Waals surface area contributed by atoms with Crippen molar-refractivity contribution in [3.8, 4) is 0 Å². The van der Waals surface area contributed by atoms with E-state index < -0.39 is 11.5 Å². The van der Waals surface area contributed by atoms with Crippen LogP contribution in [0.5, 0.6) is 0 Å². The number of aliphatic imine (C=N–C) groups is 1. The number of piperidine rings is 1. The Morgan fingerprint density at radius 1 is 1.12 bits per heavy atom. The van der Waals surface area contributed by atoms with Gasteiger partial charge in [-0.05, 0) is 56.4 Å². The number of hydrogen-bond acceptors (Lipinski definition) is 3. The number of carboxylic acids is 1. The van der Waals surface area contributed by atoms with Crippen molar-refractivity contribution in [1.82, 2.24) is 4.90 Å². The number of likely N-dealkylation sites (tertiary alicyclic amines) is 1. The largest absolute Gasteiger partial charge is 0.479 e. The first-order chi connectivity index (χ1) is 12.6. The van der Waals surface area contributed by atoms with Crippen molar-refractivity contribution in [3.05, 3.63) is 71.8 Å². The molecule has 1 fully saturated rings. The van der Waals surface area contributed by atoms with Crippen molar-refractivity contribution in [2.24, 2.45) is 10.9 Å². The van der Waals surface area contributed by atoms with Crippen LogP contribution in [-0.4, -0.2) is 42.3 Å². The van der Waals surface area contributed by atoms with Crippen molar-refractivity contribution < 1.29 is 9.90 Å². The van der Waals surface area contributed by atoms with Crippen molar-refractivity contribution in [3.63, 3.8) is 0 Å². The molecule has 136 valence electrons. The summed E-state index contributed by atoms with van der Waals surface area (Å²) in [5, 5.41) is 10.2. The van der Waals surface area contributed by atoms with Crippen molar-refractivity contribution in [2.75, 3.05) is 20.1 Å². The summed E-state index contributed by atoms with van der Waals surface area (Å²) in [7, 11) is 2.12. The van der Waals surface area contributed by atoms with Gasteiger partial charge < -0.3 is 10.0 Å². The average molecular weight is 350 g/mol. The van der Waals surface area contributed by atoms with Gasteiger partial charge in [0.2, 0.25) is 0 Å². The van der Waals surface area contributed by atoms with Gasteiger partial charge in [0.1, 0.15) is 0 Å². The zero-order valence-electron chi connectivity index (χ0n) is 15.2. The van der Waals surface area contributed by atoms with Crippen LogP contribution in [0.2, 0.25) is 0 Å². The third kappa shape index (κ3) is 4.20. The maximum absolute atomic E-state index is 12.5. The third-order valence-corrected chi connectivity index (χ3v) is 5.26. The first-order valence-corrected chi connectivity index (χ1v) is 9.18. The number of carbonyl (C=O) groups is 1. The van der Waals surface area contributed by atoms with Gasteiger partial charge in [-0.1, -0.05) is 60.7 Å². The van der Waals surface area contributed by atoms with Crippen LogP contribution < -0.4 is 0 Å². The van der Waals surface area contributed by atoms with Gasteiger partial charge in [0.25, 0.3) is 0 Å². The number of benzene rings is 2. The van der Waals surface area contributed by atoms with E-state index in [2.05, 4.69) is 16.9 Å². The van der Waals surface area contributed by atoms with Gasteiger partial charge in [0.15, 0.2) is 5.54 Å². The molecule has 1 heterocycles. The maximum atomic E-state index is 12.5. The van der Waals surface area contributed by atoms with Gasteiger partial charge in [0.05, 0.1) is 0 Å². The molecule has 0 radical (unpaired) electrons. The minimum absolute atomic E-state index is 0.357. The lowest BCUT2D eigenvalue weighted by atomic mass is 9.78. The molecular formula is C22H26N2O2. The topological polar surface area (TPSA) is 52.9 Å². The van der Waals surface area contributed by atoms with Crippen molar-refractivity contribution in [2.45, 2.75) is 24.8 Å². The van der Waals surface area contributed by atoms with Crippen LogP contribution in [0.25, 0.3) is 0 Å². The maximum Gasteiger partial charge on any atom is 0.336 e. The van der Waals surface area contributed by atoms with E-state index >= 15 is 0 Å². The molecular weight excluding hydrogens is 324 g/mol. The Labute approximate surface area is 155 Å². The standard InChI is InChI=1S/C22H26N2O2/c1-24-14-12-18(13-15-24)16-22(21(25)26,20-10-6-3-7-11-20)23-17-19-8-4-2-5-9-19/h2-11,17-18H,12-16H2,1H3,(H,25,26)/b23-17+. The van der Waals surface area contributed by atoms with E-state index in [1.807, 2.05) is 60.7 Å². The monoisotopic (exact) mass is 350 g/mol. The van der Waals surface area contributed by atoms with Gasteiger partial charge in [-0.15, -0.1) is 0 Å². The summed E-state index contributed by atoms with van der Waals surface area (Å²) in [5.41, 5.74) is 0.425. The summed E-state index contributed by atoms with van der Waals surface area (Å²) < 4.78 is 0. The SMILES string of the molecule is CN1CCC(CC(/N=C/c2ccccc2)(C(=O)O)c2ccccc2)CC1. The quantitative estimate of drug-likeness (QED) is 0.806. The second kappa shape index (κ2) is 8.28. The lowest BCUT2D eigenvalue weighted by Gasteiger charge is -2.34. The summed E-state index contributed by atoms with van der Waals surface area (Å²) >= 11 is 0. The fraction of sp³-hybridized carbons (Fsp3) is 0.364. The van der Waals surface area contributed by atoms with E-state index in [9.17, 15) is 9.90 Å². The van der Waals surface area contributed by atoms with Gasteiger partial charge in [0, 0.05) is 6.21 Å². The summed E-state index contributed by atoms with van der Waals surface area (Å²) in [6, 6.07) is 19.1. The fourth-order valence-electron chi connectivity index (χ4n) is 3.63. The predicted molar refractivity (Wildman–Crippen MR) is 105 cm³/mol. The highest BCUT2D eigenvalue weighted by Crippen LogP contribution is 2.37. The van der Waals surface area contributed by atoms with Crippen LogP contribution in [0.4, 0.5) is 0 Å². The molecule has 1 aliphatic heterocycles. The molecule has 0 aromatic heterocycles.